The van der Waals surface area contributed by atoms with Crippen molar-refractivity contribution in [1.29, 1.82) is 0 Å². The monoisotopic (exact) mass is 293 g/mol. The second-order valence-electron chi connectivity index (χ2n) is 5.22. The third-order valence-electron chi connectivity index (χ3n) is 3.58. The number of benzene rings is 1. The van der Waals surface area contributed by atoms with Crippen LogP contribution in [0.1, 0.15) is 22.6 Å². The Bertz CT molecular complexity index is 665. The molecule has 2 aromatic rings. The van der Waals surface area contributed by atoms with E-state index in [0.717, 1.165) is 42.2 Å². The molecule has 0 bridgehead atoms. The van der Waals surface area contributed by atoms with Gasteiger partial charge in [-0.2, -0.15) is 0 Å². The number of halogens is 3. The van der Waals surface area contributed by atoms with E-state index in [-0.39, 0.29) is 0 Å². The van der Waals surface area contributed by atoms with Gasteiger partial charge >= 0.3 is 0 Å². The molecule has 1 aromatic heterocycles. The molecule has 0 saturated heterocycles. The van der Waals surface area contributed by atoms with Gasteiger partial charge in [0.2, 0.25) is 0 Å². The van der Waals surface area contributed by atoms with E-state index < -0.39 is 17.5 Å². The summed E-state index contributed by atoms with van der Waals surface area (Å²) in [6, 6.07) is 2.08. The highest BCUT2D eigenvalue weighted by Gasteiger charge is 2.19. The highest BCUT2D eigenvalue weighted by atomic mass is 19.2. The normalized spacial score (nSPS) is 15.0. The van der Waals surface area contributed by atoms with E-state index in [4.69, 9.17) is 0 Å². The van der Waals surface area contributed by atoms with E-state index in [1.165, 1.54) is 0 Å². The van der Waals surface area contributed by atoms with Crippen molar-refractivity contribution in [2.75, 3.05) is 6.54 Å². The topological polar surface area (TPSA) is 29.0 Å². The minimum absolute atomic E-state index is 0.363. The Kier molecular flexibility index (Phi) is 3.63. The van der Waals surface area contributed by atoms with Crippen LogP contribution in [0.3, 0.4) is 0 Å². The Morgan fingerprint density at radius 1 is 1.19 bits per heavy atom. The van der Waals surface area contributed by atoms with Crippen LogP contribution in [0, 0.1) is 24.4 Å². The lowest BCUT2D eigenvalue weighted by atomic mass is 10.1. The van der Waals surface area contributed by atoms with E-state index in [1.54, 1.807) is 6.20 Å². The number of hydrogen-bond donors (Lipinski definition) is 0. The average Bonchev–Trinajstić information content (AvgIpc) is 2.45. The minimum atomic E-state index is -1.42. The molecule has 0 unspecified atom stereocenters. The van der Waals surface area contributed by atoms with Crippen LogP contribution in [0.25, 0.3) is 0 Å². The van der Waals surface area contributed by atoms with E-state index in [9.17, 15) is 13.2 Å². The Morgan fingerprint density at radius 2 is 1.90 bits per heavy atom. The molecule has 0 fully saturated rings. The molecule has 3 nitrogen and oxygen atoms in total. The Hall–Kier alpha value is -1.95. The first kappa shape index (κ1) is 14.0. The van der Waals surface area contributed by atoms with Crippen LogP contribution < -0.4 is 0 Å². The summed E-state index contributed by atoms with van der Waals surface area (Å²) in [4.78, 5) is 10.6. The number of nitrogens with zero attached hydrogens (tertiary/aromatic N) is 3. The van der Waals surface area contributed by atoms with Gasteiger partial charge < -0.3 is 0 Å². The van der Waals surface area contributed by atoms with Crippen LogP contribution in [0.15, 0.2) is 18.3 Å². The Labute approximate surface area is 120 Å². The number of fused-ring (bicyclic) bond motifs is 1. The molecule has 2 heterocycles. The minimum Gasteiger partial charge on any atom is -0.294 e. The van der Waals surface area contributed by atoms with Crippen molar-refractivity contribution in [1.82, 2.24) is 14.9 Å². The molecule has 1 aromatic carbocycles. The van der Waals surface area contributed by atoms with Crippen molar-refractivity contribution >= 4 is 0 Å². The van der Waals surface area contributed by atoms with Crippen molar-refractivity contribution in [2.24, 2.45) is 0 Å². The lowest BCUT2D eigenvalue weighted by Gasteiger charge is -2.28. The summed E-state index contributed by atoms with van der Waals surface area (Å²) in [6.45, 7) is 3.57. The van der Waals surface area contributed by atoms with Gasteiger partial charge in [-0.15, -0.1) is 0 Å². The number of aryl methyl sites for hydroxylation is 1. The lowest BCUT2D eigenvalue weighted by Crippen LogP contribution is -2.31. The summed E-state index contributed by atoms with van der Waals surface area (Å²) in [5.41, 5.74) is 2.47. The zero-order valence-electron chi connectivity index (χ0n) is 11.5. The molecule has 0 saturated carbocycles. The SMILES string of the molecule is Cc1ncc2c(n1)CCN(Cc1cc(F)c(F)c(F)c1)C2. The molecule has 6 heteroatoms. The second-order valence-corrected chi connectivity index (χ2v) is 5.22. The molecule has 110 valence electrons. The number of rotatable bonds is 2. The number of aromatic nitrogens is 2. The zero-order chi connectivity index (χ0) is 15.0. The molecule has 0 spiro atoms. The smallest absolute Gasteiger partial charge is 0.194 e. The fourth-order valence-corrected chi connectivity index (χ4v) is 2.57. The Morgan fingerprint density at radius 3 is 2.62 bits per heavy atom. The summed E-state index contributed by atoms with van der Waals surface area (Å²) in [6.07, 6.45) is 2.56. The third-order valence-corrected chi connectivity index (χ3v) is 3.58. The largest absolute Gasteiger partial charge is 0.294 e. The van der Waals surface area contributed by atoms with Crippen LogP contribution in [0.5, 0.6) is 0 Å². The van der Waals surface area contributed by atoms with Crippen molar-refractivity contribution in [3.05, 3.63) is 58.4 Å². The predicted octanol–water partition coefficient (Wildman–Crippen LogP) is 2.76. The molecule has 3 rings (SSSR count). The van der Waals surface area contributed by atoms with Crippen molar-refractivity contribution < 1.29 is 13.2 Å². The number of hydrogen-bond acceptors (Lipinski definition) is 3. The van der Waals surface area contributed by atoms with Crippen LogP contribution in [0.4, 0.5) is 13.2 Å². The highest BCUT2D eigenvalue weighted by Crippen LogP contribution is 2.20. The maximum atomic E-state index is 13.2. The zero-order valence-corrected chi connectivity index (χ0v) is 11.5. The van der Waals surface area contributed by atoms with Gasteiger partial charge in [0.1, 0.15) is 5.82 Å². The fraction of sp³-hybridized carbons (Fsp3) is 0.333. The molecule has 0 amide bonds. The van der Waals surface area contributed by atoms with Gasteiger partial charge in [-0.25, -0.2) is 23.1 Å². The van der Waals surface area contributed by atoms with E-state index in [2.05, 4.69) is 9.97 Å². The summed E-state index contributed by atoms with van der Waals surface area (Å²) < 4.78 is 39.4. The molecule has 1 aliphatic heterocycles. The van der Waals surface area contributed by atoms with E-state index >= 15 is 0 Å². The molecular weight excluding hydrogens is 279 g/mol. The fourth-order valence-electron chi connectivity index (χ4n) is 2.57. The van der Waals surface area contributed by atoms with Gasteiger partial charge in [0.05, 0.1) is 0 Å². The maximum absolute atomic E-state index is 13.2. The van der Waals surface area contributed by atoms with Crippen molar-refractivity contribution in [3.8, 4) is 0 Å². The third kappa shape index (κ3) is 2.90. The molecule has 0 aliphatic carbocycles. The van der Waals surface area contributed by atoms with E-state index in [1.807, 2.05) is 11.8 Å². The molecule has 1 aliphatic rings. The first-order valence-corrected chi connectivity index (χ1v) is 6.70. The molecule has 0 atom stereocenters. The van der Waals surface area contributed by atoms with Gasteiger partial charge in [-0.3, -0.25) is 4.90 Å². The lowest BCUT2D eigenvalue weighted by molar-refractivity contribution is 0.241. The van der Waals surface area contributed by atoms with E-state index in [0.29, 0.717) is 18.7 Å². The van der Waals surface area contributed by atoms with Gasteiger partial charge in [0.15, 0.2) is 17.5 Å². The Balaban J connectivity index is 1.77. The van der Waals surface area contributed by atoms with Crippen molar-refractivity contribution in [3.63, 3.8) is 0 Å². The van der Waals surface area contributed by atoms with Gasteiger partial charge in [-0.1, -0.05) is 0 Å². The second kappa shape index (κ2) is 5.44. The first-order valence-electron chi connectivity index (χ1n) is 6.70. The van der Waals surface area contributed by atoms with Crippen LogP contribution in [0.2, 0.25) is 0 Å². The standard InChI is InChI=1S/C15H14F3N3/c1-9-19-6-11-8-21(3-2-14(11)20-9)7-10-4-12(16)15(18)13(17)5-10/h4-6H,2-3,7-8H2,1H3. The first-order chi connectivity index (χ1) is 10.0. The summed E-state index contributed by atoms with van der Waals surface area (Å²) in [5, 5.41) is 0. The molecule has 21 heavy (non-hydrogen) atoms. The summed E-state index contributed by atoms with van der Waals surface area (Å²) in [5.74, 6) is -2.99. The van der Waals surface area contributed by atoms with Crippen LogP contribution in [-0.2, 0) is 19.5 Å². The molecular formula is C15H14F3N3. The highest BCUT2D eigenvalue weighted by molar-refractivity contribution is 5.23. The van der Waals surface area contributed by atoms with Gasteiger partial charge in [0.25, 0.3) is 0 Å². The van der Waals surface area contributed by atoms with Gasteiger partial charge in [-0.05, 0) is 24.6 Å². The van der Waals surface area contributed by atoms with Gasteiger partial charge in [0, 0.05) is 43.5 Å². The summed E-state index contributed by atoms with van der Waals surface area (Å²) in [7, 11) is 0. The van der Waals surface area contributed by atoms with Crippen molar-refractivity contribution in [2.45, 2.75) is 26.4 Å². The molecule has 0 radical (unpaired) electrons. The maximum Gasteiger partial charge on any atom is 0.194 e. The van der Waals surface area contributed by atoms with Crippen LogP contribution >= 0.6 is 0 Å². The molecule has 0 N–H and O–H groups in total. The van der Waals surface area contributed by atoms with Crippen LogP contribution in [-0.4, -0.2) is 21.4 Å². The predicted molar refractivity (Wildman–Crippen MR) is 70.9 cm³/mol. The summed E-state index contributed by atoms with van der Waals surface area (Å²) >= 11 is 0. The quantitative estimate of drug-likeness (QED) is 0.797. The average molecular weight is 293 g/mol.